The summed E-state index contributed by atoms with van der Waals surface area (Å²) >= 11 is 0. The summed E-state index contributed by atoms with van der Waals surface area (Å²) in [6.45, 7) is 0. The number of allylic oxidation sites excluding steroid dienone is 3. The van der Waals surface area contributed by atoms with E-state index in [9.17, 15) is 19.7 Å². The second-order valence-electron chi connectivity index (χ2n) is 8.51. The second-order valence-corrected chi connectivity index (χ2v) is 8.51. The smallest absolute Gasteiger partial charge is 0.269 e. The minimum absolute atomic E-state index is 0.0371. The summed E-state index contributed by atoms with van der Waals surface area (Å²) in [5.74, 6) is -0.0909. The first kappa shape index (κ1) is 19.4. The molecule has 2 aliphatic carbocycles. The SMILES string of the molecule is O=C1C[C@H](c2ccco2)CC2=C1[C@H](c1ccc([N+](=O)[O-])cc1)C1=C(N2)c2ccccc2C1=O. The van der Waals surface area contributed by atoms with Crippen molar-refractivity contribution in [3.05, 3.63) is 116 Å². The number of hydrogen-bond donors (Lipinski definition) is 1. The number of dihydropyridines is 1. The lowest BCUT2D eigenvalue weighted by Crippen LogP contribution is -2.33. The van der Waals surface area contributed by atoms with Crippen LogP contribution in [0.3, 0.4) is 0 Å². The summed E-state index contributed by atoms with van der Waals surface area (Å²) in [6.07, 6.45) is 2.46. The van der Waals surface area contributed by atoms with Crippen molar-refractivity contribution in [3.8, 4) is 0 Å². The zero-order valence-corrected chi connectivity index (χ0v) is 17.4. The second kappa shape index (κ2) is 7.13. The van der Waals surface area contributed by atoms with Crippen LogP contribution in [0.5, 0.6) is 0 Å². The molecule has 0 saturated carbocycles. The number of nitrogens with zero attached hydrogens (tertiary/aromatic N) is 1. The van der Waals surface area contributed by atoms with Crippen LogP contribution in [-0.2, 0) is 4.79 Å². The van der Waals surface area contributed by atoms with Gasteiger partial charge in [0.1, 0.15) is 5.76 Å². The molecule has 2 aromatic carbocycles. The van der Waals surface area contributed by atoms with E-state index in [1.165, 1.54) is 12.1 Å². The van der Waals surface area contributed by atoms with Gasteiger partial charge >= 0.3 is 0 Å². The van der Waals surface area contributed by atoms with Crippen LogP contribution in [0.2, 0.25) is 0 Å². The highest BCUT2D eigenvalue weighted by atomic mass is 16.6. The highest BCUT2D eigenvalue weighted by Crippen LogP contribution is 2.50. The van der Waals surface area contributed by atoms with Crippen LogP contribution in [-0.4, -0.2) is 16.5 Å². The Labute approximate surface area is 188 Å². The third-order valence-corrected chi connectivity index (χ3v) is 6.70. The molecule has 3 aliphatic rings. The molecule has 7 nitrogen and oxygen atoms in total. The van der Waals surface area contributed by atoms with Crippen LogP contribution >= 0.6 is 0 Å². The molecule has 0 fully saturated rings. The van der Waals surface area contributed by atoms with Gasteiger partial charge in [0.2, 0.25) is 0 Å². The van der Waals surface area contributed by atoms with Crippen molar-refractivity contribution < 1.29 is 18.9 Å². The molecule has 0 spiro atoms. The Balaban J connectivity index is 1.52. The molecule has 7 heteroatoms. The van der Waals surface area contributed by atoms with Crippen molar-refractivity contribution in [1.29, 1.82) is 0 Å². The minimum Gasteiger partial charge on any atom is -0.469 e. The Morgan fingerprint density at radius 2 is 1.67 bits per heavy atom. The zero-order chi connectivity index (χ0) is 22.7. The number of furan rings is 1. The highest BCUT2D eigenvalue weighted by molar-refractivity contribution is 6.23. The van der Waals surface area contributed by atoms with Gasteiger partial charge in [-0.3, -0.25) is 19.7 Å². The molecule has 0 bridgehead atoms. The van der Waals surface area contributed by atoms with Crippen LogP contribution in [0.15, 0.2) is 88.2 Å². The number of carbonyl (C=O) groups excluding carboxylic acids is 2. The number of fused-ring (bicyclic) bond motifs is 2. The maximum atomic E-state index is 13.5. The van der Waals surface area contributed by atoms with Gasteiger partial charge < -0.3 is 9.73 Å². The number of ketones is 2. The Bertz CT molecular complexity index is 1400. The van der Waals surface area contributed by atoms with Crippen molar-refractivity contribution in [2.24, 2.45) is 0 Å². The summed E-state index contributed by atoms with van der Waals surface area (Å²) in [7, 11) is 0. The van der Waals surface area contributed by atoms with Gasteiger partial charge in [-0.25, -0.2) is 0 Å². The van der Waals surface area contributed by atoms with Crippen LogP contribution < -0.4 is 5.32 Å². The fraction of sp³-hybridized carbons (Fsp3) is 0.154. The highest BCUT2D eigenvalue weighted by Gasteiger charge is 2.45. The van der Waals surface area contributed by atoms with E-state index in [2.05, 4.69) is 5.32 Å². The Morgan fingerprint density at radius 1 is 0.909 bits per heavy atom. The zero-order valence-electron chi connectivity index (χ0n) is 17.4. The number of carbonyl (C=O) groups is 2. The molecule has 1 N–H and O–H groups in total. The molecule has 0 saturated heterocycles. The maximum Gasteiger partial charge on any atom is 0.269 e. The summed E-state index contributed by atoms with van der Waals surface area (Å²) in [6, 6.07) is 17.2. The van der Waals surface area contributed by atoms with Crippen LogP contribution in [0.1, 0.15) is 51.9 Å². The van der Waals surface area contributed by atoms with E-state index in [0.29, 0.717) is 34.4 Å². The van der Waals surface area contributed by atoms with E-state index in [-0.39, 0.29) is 29.6 Å². The number of non-ortho nitro benzene ring substituents is 1. The first-order valence-corrected chi connectivity index (χ1v) is 10.7. The molecule has 33 heavy (non-hydrogen) atoms. The summed E-state index contributed by atoms with van der Waals surface area (Å²) in [5, 5.41) is 14.6. The topological polar surface area (TPSA) is 102 Å². The summed E-state index contributed by atoms with van der Waals surface area (Å²) in [4.78, 5) is 37.6. The predicted molar refractivity (Wildman–Crippen MR) is 119 cm³/mol. The van der Waals surface area contributed by atoms with Gasteiger partial charge in [-0.15, -0.1) is 0 Å². The van der Waals surface area contributed by atoms with Gasteiger partial charge in [-0.05, 0) is 24.1 Å². The number of hydrogen-bond acceptors (Lipinski definition) is 6. The van der Waals surface area contributed by atoms with E-state index in [1.807, 2.05) is 30.3 Å². The van der Waals surface area contributed by atoms with Gasteiger partial charge in [0.15, 0.2) is 11.6 Å². The molecular formula is C26H18N2O5. The summed E-state index contributed by atoms with van der Waals surface area (Å²) < 4.78 is 5.58. The van der Waals surface area contributed by atoms with Gasteiger partial charge in [-0.1, -0.05) is 36.4 Å². The number of rotatable bonds is 3. The molecule has 0 radical (unpaired) electrons. The Hall–Kier alpha value is -4.26. The van der Waals surface area contributed by atoms with Crippen LogP contribution in [0.25, 0.3) is 5.70 Å². The fourth-order valence-corrected chi connectivity index (χ4v) is 5.24. The molecule has 0 unspecified atom stereocenters. The van der Waals surface area contributed by atoms with Crippen molar-refractivity contribution in [3.63, 3.8) is 0 Å². The van der Waals surface area contributed by atoms with Crippen LogP contribution in [0.4, 0.5) is 5.69 Å². The first-order chi connectivity index (χ1) is 16.0. The van der Waals surface area contributed by atoms with Gasteiger partial charge in [0.25, 0.3) is 5.69 Å². The number of Topliss-reactive ketones (excluding diaryl/α,β-unsaturated/α-hetero) is 2. The Morgan fingerprint density at radius 3 is 2.36 bits per heavy atom. The third-order valence-electron chi connectivity index (χ3n) is 6.70. The van der Waals surface area contributed by atoms with Gasteiger partial charge in [0, 0.05) is 58.4 Å². The molecule has 2 heterocycles. The number of nitro groups is 1. The molecule has 0 amide bonds. The van der Waals surface area contributed by atoms with Crippen molar-refractivity contribution in [2.75, 3.05) is 0 Å². The predicted octanol–water partition coefficient (Wildman–Crippen LogP) is 4.88. The molecule has 6 rings (SSSR count). The molecular weight excluding hydrogens is 420 g/mol. The van der Waals surface area contributed by atoms with Crippen molar-refractivity contribution in [2.45, 2.75) is 24.7 Å². The Kier molecular flexibility index (Phi) is 4.20. The maximum absolute atomic E-state index is 13.5. The van der Waals surface area contributed by atoms with E-state index in [0.717, 1.165) is 17.0 Å². The largest absolute Gasteiger partial charge is 0.469 e. The monoisotopic (exact) mass is 438 g/mol. The average Bonchev–Trinajstić information content (AvgIpc) is 3.46. The molecule has 162 valence electrons. The molecule has 1 aromatic heterocycles. The van der Waals surface area contributed by atoms with E-state index in [4.69, 9.17) is 4.42 Å². The average molecular weight is 438 g/mol. The standard InChI is InChI=1S/C26H18N2O5/c29-20-13-15(21-6-3-11-33-21)12-19-23(20)22(14-7-9-16(10-8-14)28(31)32)24-25(27-19)17-4-1-2-5-18(17)26(24)30/h1-11,15,22,27H,12-13H2/t15-,22+/m1/s1. The minimum atomic E-state index is -0.581. The van der Waals surface area contributed by atoms with Crippen molar-refractivity contribution >= 4 is 23.0 Å². The third kappa shape index (κ3) is 2.89. The van der Waals surface area contributed by atoms with Gasteiger partial charge in [-0.2, -0.15) is 0 Å². The van der Waals surface area contributed by atoms with Crippen LogP contribution in [0, 0.1) is 10.1 Å². The number of nitrogens with one attached hydrogen (secondary N) is 1. The lowest BCUT2D eigenvalue weighted by Gasteiger charge is -2.35. The van der Waals surface area contributed by atoms with E-state index >= 15 is 0 Å². The normalized spacial score (nSPS) is 21.5. The lowest BCUT2D eigenvalue weighted by molar-refractivity contribution is -0.384. The van der Waals surface area contributed by atoms with Crippen molar-refractivity contribution in [1.82, 2.24) is 5.32 Å². The quantitative estimate of drug-likeness (QED) is 0.462. The van der Waals surface area contributed by atoms with E-state index < -0.39 is 10.8 Å². The first-order valence-electron chi connectivity index (χ1n) is 10.7. The number of nitro benzene ring substituents is 1. The number of benzene rings is 2. The fourth-order valence-electron chi connectivity index (χ4n) is 5.24. The molecule has 1 aliphatic heterocycles. The van der Waals surface area contributed by atoms with Gasteiger partial charge in [0.05, 0.1) is 16.9 Å². The molecule has 2 atom stereocenters. The lowest BCUT2D eigenvalue weighted by atomic mass is 9.72. The van der Waals surface area contributed by atoms with E-state index in [1.54, 1.807) is 24.5 Å². The molecule has 3 aromatic rings. The summed E-state index contributed by atoms with van der Waals surface area (Å²) in [5.41, 5.74) is 4.63.